The summed E-state index contributed by atoms with van der Waals surface area (Å²) in [5.41, 5.74) is 9.68. The van der Waals surface area contributed by atoms with Crippen molar-refractivity contribution in [2.45, 2.75) is 19.3 Å². The van der Waals surface area contributed by atoms with Gasteiger partial charge in [0.15, 0.2) is 0 Å². The van der Waals surface area contributed by atoms with Gasteiger partial charge < -0.3 is 10.5 Å². The quantitative estimate of drug-likeness (QED) is 0.895. The first-order valence-corrected chi connectivity index (χ1v) is 7.52. The van der Waals surface area contributed by atoms with Crippen molar-refractivity contribution in [1.82, 2.24) is 0 Å². The predicted molar refractivity (Wildman–Crippen MR) is 87.4 cm³/mol. The van der Waals surface area contributed by atoms with Crippen LogP contribution in [0.5, 0.6) is 5.75 Å². The van der Waals surface area contributed by atoms with E-state index in [1.165, 1.54) is 11.1 Å². The van der Waals surface area contributed by atoms with Crippen LogP contribution in [0.2, 0.25) is 0 Å². The second kappa shape index (κ2) is 6.91. The Morgan fingerprint density at radius 3 is 2.60 bits per heavy atom. The Morgan fingerprint density at radius 2 is 2.00 bits per heavy atom. The van der Waals surface area contributed by atoms with Gasteiger partial charge in [-0.05, 0) is 54.8 Å². The van der Waals surface area contributed by atoms with Crippen molar-refractivity contribution in [2.24, 2.45) is 5.73 Å². The third-order valence-corrected chi connectivity index (χ3v) is 4.04. The topological polar surface area (TPSA) is 35.2 Å². The fourth-order valence-corrected chi connectivity index (χ4v) is 2.89. The summed E-state index contributed by atoms with van der Waals surface area (Å²) >= 11 is 3.51. The second-order valence-electron chi connectivity index (χ2n) is 5.00. The van der Waals surface area contributed by atoms with Gasteiger partial charge in [0.2, 0.25) is 0 Å². The largest absolute Gasteiger partial charge is 0.496 e. The van der Waals surface area contributed by atoms with Gasteiger partial charge in [-0.3, -0.25) is 0 Å². The molecule has 20 heavy (non-hydrogen) atoms. The molecule has 0 amide bonds. The zero-order chi connectivity index (χ0) is 14.5. The van der Waals surface area contributed by atoms with Gasteiger partial charge in [0.05, 0.1) is 7.11 Å². The predicted octanol–water partition coefficient (Wildman–Crippen LogP) is 4.05. The number of methoxy groups -OCH3 is 1. The summed E-state index contributed by atoms with van der Waals surface area (Å²) in [6.07, 6.45) is 0.946. The van der Waals surface area contributed by atoms with Crippen molar-refractivity contribution in [3.05, 3.63) is 63.6 Å². The summed E-state index contributed by atoms with van der Waals surface area (Å²) in [4.78, 5) is 0. The van der Waals surface area contributed by atoms with Crippen LogP contribution < -0.4 is 10.5 Å². The lowest BCUT2D eigenvalue weighted by Gasteiger charge is -2.17. The molecule has 106 valence electrons. The van der Waals surface area contributed by atoms with E-state index >= 15 is 0 Å². The SMILES string of the molecule is COc1ccc(C(CN)Cc2cccc(Br)c2)cc1C. The summed E-state index contributed by atoms with van der Waals surface area (Å²) in [6.45, 7) is 2.70. The Bertz CT molecular complexity index is 583. The van der Waals surface area contributed by atoms with E-state index in [4.69, 9.17) is 10.5 Å². The summed E-state index contributed by atoms with van der Waals surface area (Å²) < 4.78 is 6.42. The smallest absolute Gasteiger partial charge is 0.121 e. The molecule has 2 N–H and O–H groups in total. The molecule has 2 aromatic rings. The summed E-state index contributed by atoms with van der Waals surface area (Å²) in [5, 5.41) is 0. The molecule has 1 atom stereocenters. The number of benzene rings is 2. The standard InChI is InChI=1S/C17H20BrNO/c1-12-8-14(6-7-17(12)20-2)15(11-19)9-13-4-3-5-16(18)10-13/h3-8,10,15H,9,11,19H2,1-2H3. The fourth-order valence-electron chi connectivity index (χ4n) is 2.44. The molecule has 2 rings (SSSR count). The first-order valence-electron chi connectivity index (χ1n) is 6.73. The Hall–Kier alpha value is -1.32. The Labute approximate surface area is 129 Å². The van der Waals surface area contributed by atoms with Gasteiger partial charge in [0.1, 0.15) is 5.75 Å². The minimum atomic E-state index is 0.328. The van der Waals surface area contributed by atoms with Gasteiger partial charge in [-0.25, -0.2) is 0 Å². The number of aryl methyl sites for hydroxylation is 1. The average molecular weight is 334 g/mol. The van der Waals surface area contributed by atoms with E-state index in [1.807, 2.05) is 12.1 Å². The van der Waals surface area contributed by atoms with Crippen LogP contribution in [-0.2, 0) is 6.42 Å². The Balaban J connectivity index is 2.22. The summed E-state index contributed by atoms with van der Waals surface area (Å²) in [7, 11) is 1.70. The molecule has 0 fully saturated rings. The van der Waals surface area contributed by atoms with Crippen LogP contribution in [0.4, 0.5) is 0 Å². The lowest BCUT2D eigenvalue weighted by Crippen LogP contribution is -2.15. The normalized spacial score (nSPS) is 12.2. The van der Waals surface area contributed by atoms with Crippen LogP contribution in [0.3, 0.4) is 0 Å². The zero-order valence-corrected chi connectivity index (χ0v) is 13.5. The molecule has 0 saturated heterocycles. The minimum Gasteiger partial charge on any atom is -0.496 e. The van der Waals surface area contributed by atoms with E-state index in [0.717, 1.165) is 22.2 Å². The second-order valence-corrected chi connectivity index (χ2v) is 5.91. The van der Waals surface area contributed by atoms with E-state index in [9.17, 15) is 0 Å². The van der Waals surface area contributed by atoms with E-state index in [0.29, 0.717) is 12.5 Å². The van der Waals surface area contributed by atoms with Crippen molar-refractivity contribution >= 4 is 15.9 Å². The highest BCUT2D eigenvalue weighted by Gasteiger charge is 2.12. The van der Waals surface area contributed by atoms with Crippen molar-refractivity contribution in [2.75, 3.05) is 13.7 Å². The fraction of sp³-hybridized carbons (Fsp3) is 0.294. The molecule has 2 nitrogen and oxygen atoms in total. The lowest BCUT2D eigenvalue weighted by atomic mass is 9.91. The minimum absolute atomic E-state index is 0.328. The molecule has 0 heterocycles. The molecule has 1 unspecified atom stereocenters. The average Bonchev–Trinajstić information content (AvgIpc) is 2.44. The van der Waals surface area contributed by atoms with Gasteiger partial charge in [-0.1, -0.05) is 40.2 Å². The van der Waals surface area contributed by atoms with Crippen molar-refractivity contribution < 1.29 is 4.74 Å². The molecular formula is C17H20BrNO. The number of hydrogen-bond acceptors (Lipinski definition) is 2. The molecule has 0 aromatic heterocycles. The van der Waals surface area contributed by atoms with Gasteiger partial charge in [0.25, 0.3) is 0 Å². The van der Waals surface area contributed by atoms with E-state index in [-0.39, 0.29) is 0 Å². The van der Waals surface area contributed by atoms with Gasteiger partial charge in [-0.15, -0.1) is 0 Å². The van der Waals surface area contributed by atoms with Crippen LogP contribution in [0.1, 0.15) is 22.6 Å². The maximum Gasteiger partial charge on any atom is 0.121 e. The van der Waals surface area contributed by atoms with Gasteiger partial charge >= 0.3 is 0 Å². The van der Waals surface area contributed by atoms with E-state index < -0.39 is 0 Å². The van der Waals surface area contributed by atoms with E-state index in [2.05, 4.69) is 53.2 Å². The molecule has 0 saturated carbocycles. The lowest BCUT2D eigenvalue weighted by molar-refractivity contribution is 0.411. The molecule has 0 aliphatic heterocycles. The molecule has 2 aromatic carbocycles. The van der Waals surface area contributed by atoms with Gasteiger partial charge in [-0.2, -0.15) is 0 Å². The molecule has 0 bridgehead atoms. The highest BCUT2D eigenvalue weighted by Crippen LogP contribution is 2.26. The van der Waals surface area contributed by atoms with Crippen LogP contribution in [-0.4, -0.2) is 13.7 Å². The number of ether oxygens (including phenoxy) is 1. The summed E-state index contributed by atoms with van der Waals surface area (Å²) in [6, 6.07) is 14.7. The number of nitrogens with two attached hydrogens (primary N) is 1. The van der Waals surface area contributed by atoms with Gasteiger partial charge in [0, 0.05) is 10.4 Å². The number of halogens is 1. The summed E-state index contributed by atoms with van der Waals surface area (Å²) in [5.74, 6) is 1.25. The van der Waals surface area contributed by atoms with E-state index in [1.54, 1.807) is 7.11 Å². The zero-order valence-electron chi connectivity index (χ0n) is 11.9. The molecule has 0 aliphatic carbocycles. The van der Waals surface area contributed by atoms with Crippen LogP contribution in [0, 0.1) is 6.92 Å². The number of hydrogen-bond donors (Lipinski definition) is 1. The maximum absolute atomic E-state index is 5.97. The highest BCUT2D eigenvalue weighted by atomic mass is 79.9. The molecular weight excluding hydrogens is 314 g/mol. The first kappa shape index (κ1) is 15.1. The van der Waals surface area contributed by atoms with Crippen LogP contribution >= 0.6 is 15.9 Å². The Morgan fingerprint density at radius 1 is 1.20 bits per heavy atom. The van der Waals surface area contributed by atoms with Crippen molar-refractivity contribution in [3.8, 4) is 5.75 Å². The number of rotatable bonds is 5. The van der Waals surface area contributed by atoms with Crippen molar-refractivity contribution in [3.63, 3.8) is 0 Å². The monoisotopic (exact) mass is 333 g/mol. The highest BCUT2D eigenvalue weighted by molar-refractivity contribution is 9.10. The molecule has 0 radical (unpaired) electrons. The van der Waals surface area contributed by atoms with Crippen LogP contribution in [0.25, 0.3) is 0 Å². The first-order chi connectivity index (χ1) is 9.63. The Kier molecular flexibility index (Phi) is 5.21. The maximum atomic E-state index is 5.97. The van der Waals surface area contributed by atoms with Crippen LogP contribution in [0.15, 0.2) is 46.9 Å². The third-order valence-electron chi connectivity index (χ3n) is 3.55. The molecule has 3 heteroatoms. The third kappa shape index (κ3) is 3.62. The molecule has 0 aliphatic rings. The van der Waals surface area contributed by atoms with Crippen molar-refractivity contribution in [1.29, 1.82) is 0 Å². The molecule has 0 spiro atoms.